The minimum absolute atomic E-state index is 0.0177. The molecule has 35 heavy (non-hydrogen) atoms. The summed E-state index contributed by atoms with van der Waals surface area (Å²) in [6.45, 7) is 1.45. The maximum absolute atomic E-state index is 13.2. The molecule has 4 rings (SSSR count). The van der Waals surface area contributed by atoms with Crippen LogP contribution in [0.2, 0.25) is 0 Å². The van der Waals surface area contributed by atoms with Gasteiger partial charge in [-0.05, 0) is 73.4 Å². The lowest BCUT2D eigenvalue weighted by Crippen LogP contribution is -2.45. The van der Waals surface area contributed by atoms with Gasteiger partial charge in [-0.1, -0.05) is 30.3 Å². The molecule has 1 aliphatic rings. The van der Waals surface area contributed by atoms with E-state index in [0.29, 0.717) is 23.4 Å². The van der Waals surface area contributed by atoms with Gasteiger partial charge in [0.25, 0.3) is 0 Å². The molecule has 3 aromatic rings. The molecule has 1 aliphatic heterocycles. The first kappa shape index (κ1) is 24.3. The van der Waals surface area contributed by atoms with Crippen LogP contribution in [0, 0.1) is 0 Å². The number of amides is 2. The van der Waals surface area contributed by atoms with Gasteiger partial charge in [0.05, 0.1) is 4.90 Å². The highest BCUT2D eigenvalue weighted by Gasteiger charge is 2.27. The summed E-state index contributed by atoms with van der Waals surface area (Å²) in [7, 11) is -4.05. The number of hydrogen-bond donors (Lipinski definition) is 3. The van der Waals surface area contributed by atoms with Crippen molar-refractivity contribution in [3.63, 3.8) is 0 Å². The standard InChI is InChI=1S/C26H25N3O5S/c1-17(30)19-7-10-21(11-8-19)27-26(32)24(15-18-5-3-2-4-6-18)29-35(33,34)22-12-13-23-20(16-22)9-14-25(31)28-23/h2-8,10-13,16,24,29H,9,14-15H2,1H3,(H,27,32)(H,28,31)/t24-/m1/s1. The van der Waals surface area contributed by atoms with Crippen LogP contribution in [0.1, 0.15) is 34.8 Å². The molecule has 0 unspecified atom stereocenters. The molecule has 9 heteroatoms. The normalized spacial score (nSPS) is 13.9. The zero-order chi connectivity index (χ0) is 25.0. The smallest absolute Gasteiger partial charge is 0.242 e. The van der Waals surface area contributed by atoms with E-state index in [1.54, 1.807) is 30.3 Å². The predicted octanol–water partition coefficient (Wildman–Crippen LogP) is 3.30. The number of carbonyl (C=O) groups is 3. The fourth-order valence-corrected chi connectivity index (χ4v) is 5.08. The van der Waals surface area contributed by atoms with Crippen molar-refractivity contribution in [1.82, 2.24) is 4.72 Å². The molecule has 0 saturated heterocycles. The number of nitrogens with one attached hydrogen (secondary N) is 3. The number of Topliss-reactive ketones (excluding diaryl/α,β-unsaturated/α-hetero) is 1. The number of fused-ring (bicyclic) bond motifs is 1. The Morgan fingerprint density at radius 2 is 1.69 bits per heavy atom. The van der Waals surface area contributed by atoms with Crippen LogP contribution in [0.25, 0.3) is 0 Å². The predicted molar refractivity (Wildman–Crippen MR) is 133 cm³/mol. The van der Waals surface area contributed by atoms with E-state index in [9.17, 15) is 22.8 Å². The maximum atomic E-state index is 13.2. The SMILES string of the molecule is CC(=O)c1ccc(NC(=O)[C@@H](Cc2ccccc2)NS(=O)(=O)c2ccc3c(c2)CCC(=O)N3)cc1. The fraction of sp³-hybridized carbons (Fsp3) is 0.192. The molecule has 180 valence electrons. The van der Waals surface area contributed by atoms with Crippen molar-refractivity contribution in [2.45, 2.75) is 37.1 Å². The number of rotatable bonds is 8. The number of hydrogen-bond acceptors (Lipinski definition) is 5. The van der Waals surface area contributed by atoms with Crippen LogP contribution in [0.5, 0.6) is 0 Å². The zero-order valence-electron chi connectivity index (χ0n) is 19.1. The van der Waals surface area contributed by atoms with Crippen LogP contribution in [0.4, 0.5) is 11.4 Å². The molecule has 3 aromatic carbocycles. The van der Waals surface area contributed by atoms with Crippen molar-refractivity contribution in [3.8, 4) is 0 Å². The molecule has 8 nitrogen and oxygen atoms in total. The Kier molecular flexibility index (Phi) is 7.09. The van der Waals surface area contributed by atoms with E-state index < -0.39 is 22.0 Å². The second-order valence-electron chi connectivity index (χ2n) is 8.35. The Morgan fingerprint density at radius 1 is 0.971 bits per heavy atom. The number of aryl methyl sites for hydroxylation is 1. The van der Waals surface area contributed by atoms with Crippen LogP contribution in [0.3, 0.4) is 0 Å². The number of sulfonamides is 1. The summed E-state index contributed by atoms with van der Waals surface area (Å²) in [5.74, 6) is -0.734. The largest absolute Gasteiger partial charge is 0.326 e. The van der Waals surface area contributed by atoms with Gasteiger partial charge in [0.15, 0.2) is 5.78 Å². The Labute approximate surface area is 203 Å². The van der Waals surface area contributed by atoms with E-state index in [1.165, 1.54) is 19.1 Å². The lowest BCUT2D eigenvalue weighted by atomic mass is 10.0. The van der Waals surface area contributed by atoms with Crippen LogP contribution >= 0.6 is 0 Å². The lowest BCUT2D eigenvalue weighted by molar-refractivity contribution is -0.118. The Balaban J connectivity index is 1.58. The highest BCUT2D eigenvalue weighted by molar-refractivity contribution is 7.89. The number of anilines is 2. The van der Waals surface area contributed by atoms with Gasteiger partial charge in [-0.25, -0.2) is 8.42 Å². The fourth-order valence-electron chi connectivity index (χ4n) is 3.84. The average Bonchev–Trinajstić information content (AvgIpc) is 2.84. The third kappa shape index (κ3) is 6.00. The Bertz CT molecular complexity index is 1370. The van der Waals surface area contributed by atoms with Crippen LogP contribution in [-0.4, -0.2) is 32.1 Å². The minimum atomic E-state index is -4.05. The van der Waals surface area contributed by atoms with E-state index in [0.717, 1.165) is 11.1 Å². The van der Waals surface area contributed by atoms with Gasteiger partial charge < -0.3 is 10.6 Å². The first-order valence-corrected chi connectivity index (χ1v) is 12.6. The van der Waals surface area contributed by atoms with Gasteiger partial charge in [0.1, 0.15) is 6.04 Å². The molecule has 0 spiro atoms. The highest BCUT2D eigenvalue weighted by atomic mass is 32.2. The molecular weight excluding hydrogens is 466 g/mol. The van der Waals surface area contributed by atoms with E-state index in [4.69, 9.17) is 0 Å². The van der Waals surface area contributed by atoms with E-state index in [2.05, 4.69) is 15.4 Å². The molecule has 1 heterocycles. The maximum Gasteiger partial charge on any atom is 0.242 e. The highest BCUT2D eigenvalue weighted by Crippen LogP contribution is 2.25. The monoisotopic (exact) mass is 491 g/mol. The van der Waals surface area contributed by atoms with E-state index in [1.807, 2.05) is 30.3 Å². The molecule has 0 bridgehead atoms. The van der Waals surface area contributed by atoms with Crippen molar-refractivity contribution in [2.24, 2.45) is 0 Å². The average molecular weight is 492 g/mol. The van der Waals surface area contributed by atoms with Crippen LogP contribution in [0.15, 0.2) is 77.7 Å². The third-order valence-electron chi connectivity index (χ3n) is 5.74. The topological polar surface area (TPSA) is 121 Å². The molecule has 0 aliphatic carbocycles. The Morgan fingerprint density at radius 3 is 2.37 bits per heavy atom. The van der Waals surface area contributed by atoms with Gasteiger partial charge in [0.2, 0.25) is 21.8 Å². The third-order valence-corrected chi connectivity index (χ3v) is 7.21. The summed E-state index contributed by atoms with van der Waals surface area (Å²) in [4.78, 5) is 36.3. The van der Waals surface area contributed by atoms with E-state index >= 15 is 0 Å². The lowest BCUT2D eigenvalue weighted by Gasteiger charge is -2.21. The summed E-state index contributed by atoms with van der Waals surface area (Å²) >= 11 is 0. The van der Waals surface area contributed by atoms with Crippen molar-refractivity contribution in [1.29, 1.82) is 0 Å². The quantitative estimate of drug-likeness (QED) is 0.418. The molecule has 1 atom stereocenters. The van der Waals surface area contributed by atoms with Crippen LogP contribution < -0.4 is 15.4 Å². The summed E-state index contributed by atoms with van der Waals surface area (Å²) in [6, 6.07) is 18.9. The summed E-state index contributed by atoms with van der Waals surface area (Å²) in [5, 5.41) is 5.46. The molecule has 3 N–H and O–H groups in total. The summed E-state index contributed by atoms with van der Waals surface area (Å²) < 4.78 is 29.0. The van der Waals surface area contributed by atoms with Crippen molar-refractivity contribution in [3.05, 3.63) is 89.5 Å². The van der Waals surface area contributed by atoms with Gasteiger partial charge >= 0.3 is 0 Å². The minimum Gasteiger partial charge on any atom is -0.326 e. The van der Waals surface area contributed by atoms with Gasteiger partial charge in [-0.3, -0.25) is 14.4 Å². The first-order valence-electron chi connectivity index (χ1n) is 11.1. The first-order chi connectivity index (χ1) is 16.7. The van der Waals surface area contributed by atoms with Gasteiger partial charge in [0, 0.05) is 23.4 Å². The second-order valence-corrected chi connectivity index (χ2v) is 10.1. The van der Waals surface area contributed by atoms with Crippen LogP contribution in [-0.2, 0) is 32.5 Å². The number of ketones is 1. The van der Waals surface area contributed by atoms with Gasteiger partial charge in [-0.2, -0.15) is 4.72 Å². The Hall–Kier alpha value is -3.82. The molecule has 2 amide bonds. The number of carbonyl (C=O) groups excluding carboxylic acids is 3. The summed E-state index contributed by atoms with van der Waals surface area (Å²) in [6.07, 6.45) is 0.860. The van der Waals surface area contributed by atoms with E-state index in [-0.39, 0.29) is 29.4 Å². The summed E-state index contributed by atoms with van der Waals surface area (Å²) in [5.41, 5.74) is 3.06. The molecular formula is C26H25N3O5S. The second kappa shape index (κ2) is 10.2. The molecule has 0 radical (unpaired) electrons. The van der Waals surface area contributed by atoms with Gasteiger partial charge in [-0.15, -0.1) is 0 Å². The van der Waals surface area contributed by atoms with Crippen molar-refractivity contribution < 1.29 is 22.8 Å². The molecule has 0 fully saturated rings. The number of benzene rings is 3. The van der Waals surface area contributed by atoms with Crippen molar-refractivity contribution >= 4 is 39.0 Å². The van der Waals surface area contributed by atoms with Crippen molar-refractivity contribution in [2.75, 3.05) is 10.6 Å². The molecule has 0 aromatic heterocycles. The zero-order valence-corrected chi connectivity index (χ0v) is 19.9. The molecule has 0 saturated carbocycles.